The molecule has 1 aromatic heterocycles. The van der Waals surface area contributed by atoms with Crippen molar-refractivity contribution < 1.29 is 19.1 Å². The van der Waals surface area contributed by atoms with E-state index in [4.69, 9.17) is 26.1 Å². The fraction of sp³-hybridized carbons (Fsp3) is 0.115. The zero-order valence-corrected chi connectivity index (χ0v) is 18.8. The van der Waals surface area contributed by atoms with Crippen molar-refractivity contribution in [2.45, 2.75) is 6.92 Å². The standard InChI is InChI=1S/C26H21ClN2O4/c1-16-5-3-4-6-20(16)26(31)28-19-11-12-22-21(13-19)24(33-15-25(30)32-2)14-23(29-22)17-7-9-18(27)10-8-17/h3-14H,15H2,1-2H3,(H,28,31). The van der Waals surface area contributed by atoms with Crippen LogP contribution >= 0.6 is 11.6 Å². The Kier molecular flexibility index (Phi) is 6.56. The van der Waals surface area contributed by atoms with E-state index in [2.05, 4.69) is 5.32 Å². The number of aryl methyl sites for hydroxylation is 1. The third kappa shape index (κ3) is 5.13. The molecule has 0 unspecified atom stereocenters. The Morgan fingerprint density at radius 2 is 1.76 bits per heavy atom. The second-order valence-electron chi connectivity index (χ2n) is 7.38. The van der Waals surface area contributed by atoms with Gasteiger partial charge in [0.05, 0.1) is 18.3 Å². The van der Waals surface area contributed by atoms with Crippen molar-refractivity contribution in [3.8, 4) is 17.0 Å². The number of amides is 1. The quantitative estimate of drug-likeness (QED) is 0.375. The number of carbonyl (C=O) groups excluding carboxylic acids is 2. The number of hydrogen-bond donors (Lipinski definition) is 1. The monoisotopic (exact) mass is 460 g/mol. The zero-order chi connectivity index (χ0) is 23.4. The molecule has 3 aromatic carbocycles. The Bertz CT molecular complexity index is 1340. The molecule has 0 saturated carbocycles. The van der Waals surface area contributed by atoms with Gasteiger partial charge < -0.3 is 14.8 Å². The molecule has 0 aliphatic carbocycles. The highest BCUT2D eigenvalue weighted by molar-refractivity contribution is 6.30. The summed E-state index contributed by atoms with van der Waals surface area (Å²) >= 11 is 6.01. The molecule has 0 spiro atoms. The normalized spacial score (nSPS) is 10.6. The first-order valence-electron chi connectivity index (χ1n) is 10.2. The molecule has 1 N–H and O–H groups in total. The highest BCUT2D eigenvalue weighted by Gasteiger charge is 2.14. The second kappa shape index (κ2) is 9.71. The van der Waals surface area contributed by atoms with Crippen LogP contribution in [0.2, 0.25) is 5.02 Å². The average molecular weight is 461 g/mol. The van der Waals surface area contributed by atoms with E-state index in [0.29, 0.717) is 38.6 Å². The summed E-state index contributed by atoms with van der Waals surface area (Å²) in [6, 6.07) is 21.7. The molecule has 0 atom stereocenters. The lowest BCUT2D eigenvalue weighted by Crippen LogP contribution is -2.14. The summed E-state index contributed by atoms with van der Waals surface area (Å²) < 4.78 is 10.5. The first-order chi connectivity index (χ1) is 15.9. The van der Waals surface area contributed by atoms with E-state index in [1.54, 1.807) is 42.5 Å². The van der Waals surface area contributed by atoms with Gasteiger partial charge in [-0.1, -0.05) is 41.9 Å². The van der Waals surface area contributed by atoms with E-state index in [-0.39, 0.29) is 12.5 Å². The minimum atomic E-state index is -0.503. The molecule has 166 valence electrons. The number of benzene rings is 3. The highest BCUT2D eigenvalue weighted by Crippen LogP contribution is 2.32. The maximum atomic E-state index is 12.7. The maximum Gasteiger partial charge on any atom is 0.343 e. The van der Waals surface area contributed by atoms with Gasteiger partial charge in [-0.05, 0) is 48.9 Å². The molecule has 0 fully saturated rings. The molecule has 0 bridgehead atoms. The lowest BCUT2D eigenvalue weighted by Gasteiger charge is -2.13. The SMILES string of the molecule is COC(=O)COc1cc(-c2ccc(Cl)cc2)nc2ccc(NC(=O)c3ccccc3C)cc12. The van der Waals surface area contributed by atoms with Gasteiger partial charge in [0.2, 0.25) is 0 Å². The van der Waals surface area contributed by atoms with Crippen molar-refractivity contribution in [2.75, 3.05) is 19.0 Å². The van der Waals surface area contributed by atoms with Crippen molar-refractivity contribution >= 4 is 40.1 Å². The minimum absolute atomic E-state index is 0.213. The van der Waals surface area contributed by atoms with Crippen LogP contribution in [0.25, 0.3) is 22.2 Å². The molecule has 33 heavy (non-hydrogen) atoms. The van der Waals surface area contributed by atoms with E-state index >= 15 is 0 Å². The van der Waals surface area contributed by atoms with E-state index < -0.39 is 5.97 Å². The molecule has 4 rings (SSSR count). The van der Waals surface area contributed by atoms with Gasteiger partial charge in [0.25, 0.3) is 5.91 Å². The summed E-state index contributed by atoms with van der Waals surface area (Å²) in [4.78, 5) is 29.2. The molecule has 1 heterocycles. The fourth-order valence-corrected chi connectivity index (χ4v) is 3.51. The molecular formula is C26H21ClN2O4. The van der Waals surface area contributed by atoms with Gasteiger partial charge in [0, 0.05) is 33.3 Å². The van der Waals surface area contributed by atoms with Gasteiger partial charge in [-0.25, -0.2) is 9.78 Å². The molecule has 0 radical (unpaired) electrons. The molecule has 0 aliphatic heterocycles. The number of methoxy groups -OCH3 is 1. The Hall–Kier alpha value is -3.90. The lowest BCUT2D eigenvalue weighted by atomic mass is 10.1. The summed E-state index contributed by atoms with van der Waals surface area (Å²) in [7, 11) is 1.30. The second-order valence-corrected chi connectivity index (χ2v) is 7.81. The number of rotatable bonds is 6. The number of esters is 1. The number of ether oxygens (including phenoxy) is 2. The van der Waals surface area contributed by atoms with Crippen LogP contribution in [-0.4, -0.2) is 30.6 Å². The Morgan fingerprint density at radius 3 is 2.48 bits per heavy atom. The number of aromatic nitrogens is 1. The molecule has 6 nitrogen and oxygen atoms in total. The summed E-state index contributed by atoms with van der Waals surface area (Å²) in [6.45, 7) is 1.63. The number of nitrogens with zero attached hydrogens (tertiary/aromatic N) is 1. The van der Waals surface area contributed by atoms with Gasteiger partial charge in [0.15, 0.2) is 6.61 Å². The molecule has 1 amide bonds. The van der Waals surface area contributed by atoms with Crippen LogP contribution in [-0.2, 0) is 9.53 Å². The lowest BCUT2D eigenvalue weighted by molar-refractivity contribution is -0.142. The van der Waals surface area contributed by atoms with Crippen molar-refractivity contribution in [1.82, 2.24) is 4.98 Å². The highest BCUT2D eigenvalue weighted by atomic mass is 35.5. The number of halogens is 1. The van der Waals surface area contributed by atoms with Gasteiger partial charge in [-0.3, -0.25) is 4.79 Å². The van der Waals surface area contributed by atoms with Gasteiger partial charge >= 0.3 is 5.97 Å². The fourth-order valence-electron chi connectivity index (χ4n) is 3.38. The van der Waals surface area contributed by atoms with Crippen LogP contribution in [0.1, 0.15) is 15.9 Å². The molecule has 0 aliphatic rings. The summed E-state index contributed by atoms with van der Waals surface area (Å²) in [5.41, 5.74) is 4.22. The number of anilines is 1. The summed E-state index contributed by atoms with van der Waals surface area (Å²) in [5, 5.41) is 4.19. The third-order valence-corrected chi connectivity index (χ3v) is 5.38. The van der Waals surface area contributed by atoms with Crippen molar-refractivity contribution in [2.24, 2.45) is 0 Å². The summed E-state index contributed by atoms with van der Waals surface area (Å²) in [6.07, 6.45) is 0. The first-order valence-corrected chi connectivity index (χ1v) is 10.6. The topological polar surface area (TPSA) is 77.5 Å². The van der Waals surface area contributed by atoms with E-state index in [1.165, 1.54) is 7.11 Å². The summed E-state index contributed by atoms with van der Waals surface area (Å²) in [5.74, 6) is -0.269. The number of fused-ring (bicyclic) bond motifs is 1. The third-order valence-electron chi connectivity index (χ3n) is 5.13. The van der Waals surface area contributed by atoms with Gasteiger partial charge in [0.1, 0.15) is 5.75 Å². The number of pyridine rings is 1. The molecule has 4 aromatic rings. The average Bonchev–Trinajstić information content (AvgIpc) is 2.83. The van der Waals surface area contributed by atoms with Gasteiger partial charge in [-0.15, -0.1) is 0 Å². The number of hydrogen-bond acceptors (Lipinski definition) is 5. The van der Waals surface area contributed by atoms with E-state index in [0.717, 1.165) is 11.1 Å². The Labute approximate surface area is 196 Å². The number of nitrogens with one attached hydrogen (secondary N) is 1. The van der Waals surface area contributed by atoms with Crippen LogP contribution in [0.15, 0.2) is 72.8 Å². The van der Waals surface area contributed by atoms with Crippen LogP contribution in [0.3, 0.4) is 0 Å². The molecule has 0 saturated heterocycles. The predicted octanol–water partition coefficient (Wildman–Crippen LogP) is 5.67. The van der Waals surface area contributed by atoms with Crippen molar-refractivity contribution in [1.29, 1.82) is 0 Å². The van der Waals surface area contributed by atoms with Crippen LogP contribution in [0, 0.1) is 6.92 Å². The molecule has 7 heteroatoms. The predicted molar refractivity (Wildman–Crippen MR) is 129 cm³/mol. The largest absolute Gasteiger partial charge is 0.481 e. The van der Waals surface area contributed by atoms with Crippen LogP contribution in [0.4, 0.5) is 5.69 Å². The van der Waals surface area contributed by atoms with E-state index in [1.807, 2.05) is 37.3 Å². The Morgan fingerprint density at radius 1 is 1.00 bits per heavy atom. The van der Waals surface area contributed by atoms with Crippen LogP contribution in [0.5, 0.6) is 5.75 Å². The molecular weight excluding hydrogens is 440 g/mol. The van der Waals surface area contributed by atoms with Crippen LogP contribution < -0.4 is 10.1 Å². The van der Waals surface area contributed by atoms with E-state index in [9.17, 15) is 9.59 Å². The van der Waals surface area contributed by atoms with Crippen molar-refractivity contribution in [3.63, 3.8) is 0 Å². The maximum absolute atomic E-state index is 12.7. The Balaban J connectivity index is 1.73. The van der Waals surface area contributed by atoms with Gasteiger partial charge in [-0.2, -0.15) is 0 Å². The number of carbonyl (C=O) groups is 2. The smallest absolute Gasteiger partial charge is 0.343 e. The zero-order valence-electron chi connectivity index (χ0n) is 18.1. The van der Waals surface area contributed by atoms with Crippen molar-refractivity contribution in [3.05, 3.63) is 88.9 Å². The minimum Gasteiger partial charge on any atom is -0.481 e. The first kappa shape index (κ1) is 22.3.